The molecule has 5 heteroatoms. The number of aromatic nitrogens is 1. The van der Waals surface area contributed by atoms with Crippen LogP contribution >= 0.6 is 0 Å². The number of para-hydroxylation sites is 1. The normalized spacial score (nSPS) is 9.95. The largest absolute Gasteiger partial charge is 0.506 e. The van der Waals surface area contributed by atoms with E-state index in [1.54, 1.807) is 18.2 Å². The van der Waals surface area contributed by atoms with E-state index in [0.717, 1.165) is 11.3 Å². The fourth-order valence-electron chi connectivity index (χ4n) is 1.74. The van der Waals surface area contributed by atoms with Crippen molar-refractivity contribution in [2.45, 2.75) is 13.8 Å². The Hall–Kier alpha value is -2.74. The topological polar surface area (TPSA) is 92.2 Å². The van der Waals surface area contributed by atoms with Crippen LogP contribution in [0.5, 0.6) is 17.4 Å². The number of hydrogen-bond donors (Lipinski definition) is 2. The number of ether oxygens (including phenoxy) is 1. The van der Waals surface area contributed by atoms with E-state index in [2.05, 4.69) is 11.1 Å². The van der Waals surface area contributed by atoms with Crippen molar-refractivity contribution in [3.05, 3.63) is 41.1 Å². The molecule has 1 heterocycles. The molecule has 0 fully saturated rings. The molecule has 19 heavy (non-hydrogen) atoms. The molecule has 0 aliphatic carbocycles. The van der Waals surface area contributed by atoms with Gasteiger partial charge in [0.15, 0.2) is 5.75 Å². The van der Waals surface area contributed by atoms with Crippen LogP contribution in [-0.4, -0.2) is 10.1 Å². The van der Waals surface area contributed by atoms with Crippen molar-refractivity contribution in [2.24, 2.45) is 0 Å². The van der Waals surface area contributed by atoms with E-state index in [-0.39, 0.29) is 23.1 Å². The molecular formula is C14H13N3O2. The van der Waals surface area contributed by atoms with E-state index >= 15 is 0 Å². The van der Waals surface area contributed by atoms with E-state index < -0.39 is 0 Å². The predicted molar refractivity (Wildman–Crippen MR) is 71.0 cm³/mol. The number of phenols is 1. The third-order valence-corrected chi connectivity index (χ3v) is 2.67. The Morgan fingerprint density at radius 1 is 1.37 bits per heavy atom. The molecule has 0 aliphatic rings. The van der Waals surface area contributed by atoms with E-state index in [0.29, 0.717) is 5.56 Å². The zero-order chi connectivity index (χ0) is 14.0. The quantitative estimate of drug-likeness (QED) is 0.635. The molecule has 3 N–H and O–H groups in total. The van der Waals surface area contributed by atoms with Gasteiger partial charge in [-0.1, -0.05) is 6.07 Å². The van der Waals surface area contributed by atoms with Crippen molar-refractivity contribution in [1.29, 1.82) is 5.26 Å². The van der Waals surface area contributed by atoms with Gasteiger partial charge in [0, 0.05) is 5.69 Å². The molecule has 0 saturated heterocycles. The minimum Gasteiger partial charge on any atom is -0.506 e. The number of nitrogen functional groups attached to an aromatic ring is 1. The van der Waals surface area contributed by atoms with Gasteiger partial charge in [-0.15, -0.1) is 0 Å². The Balaban J connectivity index is 2.50. The maximum absolute atomic E-state index is 9.52. The highest BCUT2D eigenvalue weighted by Crippen LogP contribution is 2.34. The summed E-state index contributed by atoms with van der Waals surface area (Å²) in [6.07, 6.45) is 0. The molecule has 5 nitrogen and oxygen atoms in total. The lowest BCUT2D eigenvalue weighted by Crippen LogP contribution is -1.99. The van der Waals surface area contributed by atoms with E-state index in [1.165, 1.54) is 6.07 Å². The van der Waals surface area contributed by atoms with E-state index in [9.17, 15) is 5.11 Å². The van der Waals surface area contributed by atoms with Crippen molar-refractivity contribution in [3.63, 3.8) is 0 Å². The molecule has 0 bridgehead atoms. The van der Waals surface area contributed by atoms with Gasteiger partial charge in [0.25, 0.3) is 0 Å². The highest BCUT2D eigenvalue weighted by Gasteiger charge is 2.13. The molecule has 0 unspecified atom stereocenters. The van der Waals surface area contributed by atoms with Gasteiger partial charge in [0.2, 0.25) is 5.88 Å². The summed E-state index contributed by atoms with van der Waals surface area (Å²) in [7, 11) is 0. The Labute approximate surface area is 110 Å². The van der Waals surface area contributed by atoms with Gasteiger partial charge in [-0.05, 0) is 37.6 Å². The van der Waals surface area contributed by atoms with Gasteiger partial charge in [0.1, 0.15) is 23.1 Å². The SMILES string of the molecule is Cc1cc(C)c(C#N)c(Oc2cccc(O)c2N)n1. The number of phenolic OH excluding ortho intramolecular Hbond substituents is 1. The number of nitrogens with zero attached hydrogens (tertiary/aromatic N) is 2. The summed E-state index contributed by atoms with van der Waals surface area (Å²) < 4.78 is 5.56. The standard InChI is InChI=1S/C14H13N3O2/c1-8-6-9(2)17-14(10(8)7-15)19-12-5-3-4-11(18)13(12)16/h3-6,18H,16H2,1-2H3. The predicted octanol–water partition coefficient (Wildman–Crippen LogP) is 2.65. The molecule has 2 aromatic rings. The van der Waals surface area contributed by atoms with Crippen molar-refractivity contribution in [3.8, 4) is 23.4 Å². The Morgan fingerprint density at radius 2 is 2.11 bits per heavy atom. The maximum Gasteiger partial charge on any atom is 0.237 e. The lowest BCUT2D eigenvalue weighted by atomic mass is 10.1. The summed E-state index contributed by atoms with van der Waals surface area (Å²) in [5.41, 5.74) is 7.71. The molecule has 0 radical (unpaired) electrons. The van der Waals surface area contributed by atoms with Gasteiger partial charge in [0.05, 0.1) is 0 Å². The molecule has 0 aliphatic heterocycles. The minimum atomic E-state index is -0.0691. The summed E-state index contributed by atoms with van der Waals surface area (Å²) in [5.74, 6) is 0.395. The highest BCUT2D eigenvalue weighted by molar-refractivity contribution is 5.63. The second-order valence-corrected chi connectivity index (χ2v) is 4.16. The maximum atomic E-state index is 9.52. The van der Waals surface area contributed by atoms with Crippen LogP contribution < -0.4 is 10.5 Å². The fourth-order valence-corrected chi connectivity index (χ4v) is 1.74. The van der Waals surface area contributed by atoms with Crippen LogP contribution in [0.15, 0.2) is 24.3 Å². The molecule has 2 rings (SSSR count). The van der Waals surface area contributed by atoms with Crippen molar-refractivity contribution >= 4 is 5.69 Å². The zero-order valence-electron chi connectivity index (χ0n) is 10.6. The number of aryl methyl sites for hydroxylation is 2. The first-order chi connectivity index (χ1) is 9.02. The molecule has 96 valence electrons. The van der Waals surface area contributed by atoms with Crippen LogP contribution in [-0.2, 0) is 0 Å². The molecule has 0 amide bonds. The number of pyridine rings is 1. The first kappa shape index (κ1) is 12.7. The van der Waals surface area contributed by atoms with E-state index in [1.807, 2.05) is 13.8 Å². The van der Waals surface area contributed by atoms with Crippen LogP contribution in [0.3, 0.4) is 0 Å². The van der Waals surface area contributed by atoms with Gasteiger partial charge >= 0.3 is 0 Å². The van der Waals surface area contributed by atoms with Gasteiger partial charge in [-0.2, -0.15) is 5.26 Å². The second-order valence-electron chi connectivity index (χ2n) is 4.16. The van der Waals surface area contributed by atoms with Crippen molar-refractivity contribution < 1.29 is 9.84 Å². The Kier molecular flexibility index (Phi) is 3.25. The zero-order valence-corrected chi connectivity index (χ0v) is 10.6. The average Bonchev–Trinajstić information content (AvgIpc) is 2.34. The lowest BCUT2D eigenvalue weighted by molar-refractivity contribution is 0.448. The summed E-state index contributed by atoms with van der Waals surface area (Å²) in [5, 5.41) is 18.7. The van der Waals surface area contributed by atoms with Crippen LogP contribution in [0.4, 0.5) is 5.69 Å². The average molecular weight is 255 g/mol. The summed E-state index contributed by atoms with van der Waals surface area (Å²) in [6.45, 7) is 3.62. The van der Waals surface area contributed by atoms with Crippen molar-refractivity contribution in [1.82, 2.24) is 4.98 Å². The van der Waals surface area contributed by atoms with Crippen LogP contribution in [0.25, 0.3) is 0 Å². The Bertz CT molecular complexity index is 675. The monoisotopic (exact) mass is 255 g/mol. The number of anilines is 1. The van der Waals surface area contributed by atoms with Crippen LogP contribution in [0.2, 0.25) is 0 Å². The number of benzene rings is 1. The smallest absolute Gasteiger partial charge is 0.237 e. The summed E-state index contributed by atoms with van der Waals surface area (Å²) in [4.78, 5) is 4.19. The number of nitriles is 1. The third-order valence-electron chi connectivity index (χ3n) is 2.67. The number of hydrogen-bond acceptors (Lipinski definition) is 5. The van der Waals surface area contributed by atoms with E-state index in [4.69, 9.17) is 15.7 Å². The summed E-state index contributed by atoms with van der Waals surface area (Å²) in [6, 6.07) is 8.53. The molecule has 1 aromatic carbocycles. The molecule has 0 atom stereocenters. The fraction of sp³-hybridized carbons (Fsp3) is 0.143. The molecule has 0 spiro atoms. The van der Waals surface area contributed by atoms with Gasteiger partial charge in [-0.25, -0.2) is 4.98 Å². The number of nitrogens with two attached hydrogens (primary N) is 1. The second kappa shape index (κ2) is 4.86. The van der Waals surface area contributed by atoms with Crippen LogP contribution in [0.1, 0.15) is 16.8 Å². The summed E-state index contributed by atoms with van der Waals surface area (Å²) >= 11 is 0. The van der Waals surface area contributed by atoms with Gasteiger partial charge < -0.3 is 15.6 Å². The van der Waals surface area contributed by atoms with Crippen molar-refractivity contribution in [2.75, 3.05) is 5.73 Å². The molecule has 1 aromatic heterocycles. The number of rotatable bonds is 2. The lowest BCUT2D eigenvalue weighted by Gasteiger charge is -2.11. The van der Waals surface area contributed by atoms with Gasteiger partial charge in [-0.3, -0.25) is 0 Å². The minimum absolute atomic E-state index is 0.0691. The Morgan fingerprint density at radius 3 is 2.79 bits per heavy atom. The number of aromatic hydroxyl groups is 1. The first-order valence-corrected chi connectivity index (χ1v) is 5.66. The molecule has 0 saturated carbocycles. The van der Waals surface area contributed by atoms with Crippen LogP contribution in [0, 0.1) is 25.2 Å². The first-order valence-electron chi connectivity index (χ1n) is 5.66. The molecular weight excluding hydrogens is 242 g/mol. The highest BCUT2D eigenvalue weighted by atomic mass is 16.5. The third kappa shape index (κ3) is 2.43.